The van der Waals surface area contributed by atoms with E-state index in [1.54, 1.807) is 7.05 Å². The van der Waals surface area contributed by atoms with Gasteiger partial charge < -0.3 is 5.73 Å². The van der Waals surface area contributed by atoms with Gasteiger partial charge in [0.2, 0.25) is 10.0 Å². The SMILES string of the molecule is CCC(CC)N(C)S(=O)(=O)C(C)C(N)=S. The van der Waals surface area contributed by atoms with Gasteiger partial charge in [-0.3, -0.25) is 0 Å². The molecule has 0 saturated heterocycles. The first-order chi connectivity index (χ1) is 6.78. The third-order valence-corrected chi connectivity index (χ3v) is 5.46. The van der Waals surface area contributed by atoms with Crippen LogP contribution in [0.2, 0.25) is 0 Å². The van der Waals surface area contributed by atoms with Gasteiger partial charge in [0.1, 0.15) is 5.25 Å². The van der Waals surface area contributed by atoms with E-state index in [4.69, 9.17) is 18.0 Å². The van der Waals surface area contributed by atoms with E-state index < -0.39 is 15.3 Å². The maximum Gasteiger partial charge on any atom is 0.223 e. The summed E-state index contributed by atoms with van der Waals surface area (Å²) in [5, 5.41) is -0.793. The predicted octanol–water partition coefficient (Wildman–Crippen LogP) is 1.11. The summed E-state index contributed by atoms with van der Waals surface area (Å²) in [6, 6.07) is 0.0202. The van der Waals surface area contributed by atoms with Crippen molar-refractivity contribution in [2.24, 2.45) is 5.73 Å². The highest BCUT2D eigenvalue weighted by Crippen LogP contribution is 2.15. The van der Waals surface area contributed by atoms with E-state index in [-0.39, 0.29) is 11.0 Å². The molecule has 0 fully saturated rings. The fourth-order valence-electron chi connectivity index (χ4n) is 1.41. The minimum atomic E-state index is -3.39. The van der Waals surface area contributed by atoms with Gasteiger partial charge in [-0.15, -0.1) is 0 Å². The van der Waals surface area contributed by atoms with Gasteiger partial charge >= 0.3 is 0 Å². The van der Waals surface area contributed by atoms with Crippen molar-refractivity contribution in [3.05, 3.63) is 0 Å². The minimum absolute atomic E-state index is 0.0202. The molecular weight excluding hydrogens is 232 g/mol. The van der Waals surface area contributed by atoms with Gasteiger partial charge in [0.15, 0.2) is 0 Å². The quantitative estimate of drug-likeness (QED) is 0.719. The molecule has 0 bridgehead atoms. The zero-order valence-electron chi connectivity index (χ0n) is 9.73. The van der Waals surface area contributed by atoms with Crippen LogP contribution in [0.3, 0.4) is 0 Å². The van der Waals surface area contributed by atoms with Crippen LogP contribution in [0.15, 0.2) is 0 Å². The lowest BCUT2D eigenvalue weighted by Gasteiger charge is -2.28. The number of hydrogen-bond donors (Lipinski definition) is 1. The van der Waals surface area contributed by atoms with Crippen LogP contribution < -0.4 is 5.73 Å². The van der Waals surface area contributed by atoms with Gasteiger partial charge in [0.25, 0.3) is 0 Å². The summed E-state index contributed by atoms with van der Waals surface area (Å²) in [6.07, 6.45) is 1.58. The van der Waals surface area contributed by atoms with E-state index >= 15 is 0 Å². The molecule has 0 aromatic carbocycles. The van der Waals surface area contributed by atoms with Crippen molar-refractivity contribution in [1.82, 2.24) is 4.31 Å². The lowest BCUT2D eigenvalue weighted by Crippen LogP contribution is -2.45. The summed E-state index contributed by atoms with van der Waals surface area (Å²) in [5.41, 5.74) is 5.37. The van der Waals surface area contributed by atoms with Crippen LogP contribution >= 0.6 is 12.2 Å². The zero-order chi connectivity index (χ0) is 12.2. The lowest BCUT2D eigenvalue weighted by atomic mass is 10.2. The Morgan fingerprint density at radius 3 is 2.07 bits per heavy atom. The number of rotatable bonds is 6. The topological polar surface area (TPSA) is 63.4 Å². The number of thiocarbonyl (C=S) groups is 1. The summed E-state index contributed by atoms with van der Waals surface area (Å²) in [6.45, 7) is 5.45. The summed E-state index contributed by atoms with van der Waals surface area (Å²) in [4.78, 5) is 0.0211. The molecule has 0 heterocycles. The molecule has 1 atom stereocenters. The number of hydrogen-bond acceptors (Lipinski definition) is 3. The first-order valence-electron chi connectivity index (χ1n) is 5.05. The molecule has 6 heteroatoms. The molecule has 0 spiro atoms. The molecule has 0 aromatic heterocycles. The fourth-order valence-corrected chi connectivity index (χ4v) is 3.28. The smallest absolute Gasteiger partial charge is 0.223 e. The summed E-state index contributed by atoms with van der Waals surface area (Å²) in [7, 11) is -1.81. The van der Waals surface area contributed by atoms with Gasteiger partial charge in [-0.05, 0) is 19.8 Å². The second kappa shape index (κ2) is 5.77. The molecule has 0 saturated carbocycles. The third-order valence-electron chi connectivity index (χ3n) is 2.71. The second-order valence-electron chi connectivity index (χ2n) is 3.58. The zero-order valence-corrected chi connectivity index (χ0v) is 11.4. The van der Waals surface area contributed by atoms with Gasteiger partial charge in [-0.25, -0.2) is 12.7 Å². The molecular formula is C9H20N2O2S2. The Bertz CT molecular complexity index is 310. The van der Waals surface area contributed by atoms with Crippen LogP contribution in [0.25, 0.3) is 0 Å². The molecule has 0 aliphatic rings. The Labute approximate surface area is 97.9 Å². The van der Waals surface area contributed by atoms with Crippen molar-refractivity contribution in [2.75, 3.05) is 7.05 Å². The van der Waals surface area contributed by atoms with Crippen LogP contribution in [0.1, 0.15) is 33.6 Å². The largest absolute Gasteiger partial charge is 0.392 e. The first kappa shape index (κ1) is 14.8. The molecule has 2 N–H and O–H groups in total. The molecule has 0 aromatic rings. The van der Waals surface area contributed by atoms with Gasteiger partial charge in [0, 0.05) is 13.1 Å². The molecule has 90 valence electrons. The molecule has 0 amide bonds. The monoisotopic (exact) mass is 252 g/mol. The number of nitrogens with two attached hydrogens (primary N) is 1. The molecule has 4 nitrogen and oxygen atoms in total. The van der Waals surface area contributed by atoms with E-state index in [1.165, 1.54) is 11.2 Å². The van der Waals surface area contributed by atoms with E-state index in [0.717, 1.165) is 12.8 Å². The van der Waals surface area contributed by atoms with Crippen molar-refractivity contribution in [3.63, 3.8) is 0 Å². The summed E-state index contributed by atoms with van der Waals surface area (Å²) >= 11 is 4.72. The Hall–Kier alpha value is -0.200. The Morgan fingerprint density at radius 1 is 1.40 bits per heavy atom. The molecule has 1 unspecified atom stereocenters. The van der Waals surface area contributed by atoms with Crippen LogP contribution in [0.5, 0.6) is 0 Å². The molecule has 0 radical (unpaired) electrons. The first-order valence-corrected chi connectivity index (χ1v) is 6.96. The van der Waals surface area contributed by atoms with Crippen LogP contribution in [0, 0.1) is 0 Å². The number of sulfonamides is 1. The molecule has 0 rings (SSSR count). The third kappa shape index (κ3) is 3.39. The average molecular weight is 252 g/mol. The molecule has 0 aliphatic heterocycles. The van der Waals surface area contributed by atoms with E-state index in [0.29, 0.717) is 0 Å². The van der Waals surface area contributed by atoms with Gasteiger partial charge in [0.05, 0.1) is 4.99 Å². The Kier molecular flexibility index (Phi) is 5.69. The van der Waals surface area contributed by atoms with E-state index in [1.807, 2.05) is 13.8 Å². The Balaban J connectivity index is 4.95. The second-order valence-corrected chi connectivity index (χ2v) is 6.36. The van der Waals surface area contributed by atoms with Gasteiger partial charge in [-0.2, -0.15) is 0 Å². The van der Waals surface area contributed by atoms with Crippen molar-refractivity contribution < 1.29 is 8.42 Å². The van der Waals surface area contributed by atoms with Crippen molar-refractivity contribution >= 4 is 27.2 Å². The van der Waals surface area contributed by atoms with Crippen molar-refractivity contribution in [2.45, 2.75) is 44.9 Å². The highest BCUT2D eigenvalue weighted by molar-refractivity contribution is 7.92. The van der Waals surface area contributed by atoms with Gasteiger partial charge in [-0.1, -0.05) is 26.1 Å². The summed E-state index contributed by atoms with van der Waals surface area (Å²) < 4.78 is 25.4. The van der Waals surface area contributed by atoms with Crippen LogP contribution in [-0.2, 0) is 10.0 Å². The van der Waals surface area contributed by atoms with E-state index in [9.17, 15) is 8.42 Å². The highest BCUT2D eigenvalue weighted by Gasteiger charge is 2.31. The Morgan fingerprint density at radius 2 is 1.80 bits per heavy atom. The van der Waals surface area contributed by atoms with Crippen molar-refractivity contribution in [1.29, 1.82) is 0 Å². The normalized spacial score (nSPS) is 14.5. The predicted molar refractivity (Wildman–Crippen MR) is 67.3 cm³/mol. The lowest BCUT2D eigenvalue weighted by molar-refractivity contribution is 0.348. The fraction of sp³-hybridized carbons (Fsp3) is 0.889. The summed E-state index contributed by atoms with van der Waals surface area (Å²) in [5.74, 6) is 0. The standard InChI is InChI=1S/C9H20N2O2S2/c1-5-8(6-2)11(4)15(12,13)7(3)9(10)14/h7-8H,5-6H2,1-4H3,(H2,10,14). The molecule has 0 aliphatic carbocycles. The molecule has 15 heavy (non-hydrogen) atoms. The maximum absolute atomic E-state index is 12.0. The van der Waals surface area contributed by atoms with E-state index in [2.05, 4.69) is 0 Å². The highest BCUT2D eigenvalue weighted by atomic mass is 32.2. The maximum atomic E-state index is 12.0. The van der Waals surface area contributed by atoms with Crippen LogP contribution in [-0.4, -0.2) is 36.1 Å². The van der Waals surface area contributed by atoms with Crippen LogP contribution in [0.4, 0.5) is 0 Å². The minimum Gasteiger partial charge on any atom is -0.392 e. The number of nitrogens with zero attached hydrogens (tertiary/aromatic N) is 1. The average Bonchev–Trinajstić information content (AvgIpc) is 2.18. The van der Waals surface area contributed by atoms with Crippen molar-refractivity contribution in [3.8, 4) is 0 Å².